The molecule has 146 valence electrons. The van der Waals surface area contributed by atoms with E-state index in [1.54, 1.807) is 30.5 Å². The third-order valence-electron chi connectivity index (χ3n) is 4.71. The largest absolute Gasteiger partial charge is 0.338 e. The molecule has 2 heterocycles. The number of nitrogens with one attached hydrogen (secondary N) is 3. The number of hydrogen-bond donors (Lipinski definition) is 3. The highest BCUT2D eigenvalue weighted by molar-refractivity contribution is 7.89. The van der Waals surface area contributed by atoms with Crippen molar-refractivity contribution in [2.24, 2.45) is 0 Å². The number of carbonyl (C=O) groups excluding carboxylic acids is 1. The second kappa shape index (κ2) is 8.10. The summed E-state index contributed by atoms with van der Waals surface area (Å²) in [6, 6.07) is 6.59. The Morgan fingerprint density at radius 3 is 2.78 bits per heavy atom. The van der Waals surface area contributed by atoms with Gasteiger partial charge in [-0.05, 0) is 38.8 Å². The maximum absolute atomic E-state index is 13.0. The number of nitrogens with zero attached hydrogens (tertiary/aromatic N) is 2. The van der Waals surface area contributed by atoms with Crippen LogP contribution in [0.1, 0.15) is 36.9 Å². The monoisotopic (exact) mass is 391 g/mol. The molecule has 0 radical (unpaired) electrons. The maximum atomic E-state index is 13.0. The third kappa shape index (κ3) is 4.30. The first kappa shape index (κ1) is 19.4. The molecule has 1 aromatic carbocycles. The van der Waals surface area contributed by atoms with Crippen LogP contribution in [0.15, 0.2) is 35.4 Å². The Bertz CT molecular complexity index is 892. The van der Waals surface area contributed by atoms with Gasteiger partial charge in [0.1, 0.15) is 0 Å². The van der Waals surface area contributed by atoms with Crippen LogP contribution in [0, 0.1) is 6.92 Å². The molecule has 2 aromatic rings. The Labute approximate surface area is 159 Å². The van der Waals surface area contributed by atoms with Gasteiger partial charge in [0.25, 0.3) is 0 Å². The summed E-state index contributed by atoms with van der Waals surface area (Å²) in [7, 11) is -3.55. The zero-order chi connectivity index (χ0) is 19.4. The maximum Gasteiger partial charge on any atom is 0.319 e. The Balaban J connectivity index is 1.78. The fourth-order valence-corrected chi connectivity index (χ4v) is 4.81. The number of H-pyrrole nitrogens is 1. The molecule has 0 spiro atoms. The number of amides is 2. The number of urea groups is 1. The van der Waals surface area contributed by atoms with Gasteiger partial charge in [0.15, 0.2) is 0 Å². The van der Waals surface area contributed by atoms with Gasteiger partial charge in [0.05, 0.1) is 22.5 Å². The second-order valence-corrected chi connectivity index (χ2v) is 8.63. The number of benzene rings is 1. The van der Waals surface area contributed by atoms with Crippen LogP contribution < -0.4 is 10.6 Å². The normalized spacial score (nSPS) is 18.2. The molecule has 1 saturated heterocycles. The first-order valence-corrected chi connectivity index (χ1v) is 10.5. The van der Waals surface area contributed by atoms with E-state index in [0.29, 0.717) is 30.2 Å². The van der Waals surface area contributed by atoms with E-state index in [1.165, 1.54) is 4.31 Å². The van der Waals surface area contributed by atoms with Crippen molar-refractivity contribution in [3.8, 4) is 0 Å². The third-order valence-corrected chi connectivity index (χ3v) is 6.58. The fraction of sp³-hybridized carbons (Fsp3) is 0.444. The lowest BCUT2D eigenvalue weighted by atomic mass is 9.95. The van der Waals surface area contributed by atoms with Crippen LogP contribution in [-0.2, 0) is 10.0 Å². The van der Waals surface area contributed by atoms with Gasteiger partial charge in [-0.2, -0.15) is 9.40 Å². The zero-order valence-electron chi connectivity index (χ0n) is 15.5. The van der Waals surface area contributed by atoms with E-state index in [2.05, 4.69) is 20.8 Å². The minimum Gasteiger partial charge on any atom is -0.338 e. The number of aryl methyl sites for hydroxylation is 1. The van der Waals surface area contributed by atoms with E-state index in [4.69, 9.17) is 0 Å². The van der Waals surface area contributed by atoms with Crippen LogP contribution in [0.25, 0.3) is 0 Å². The molecule has 27 heavy (non-hydrogen) atoms. The summed E-state index contributed by atoms with van der Waals surface area (Å²) in [5, 5.41) is 12.4. The summed E-state index contributed by atoms with van der Waals surface area (Å²) >= 11 is 0. The van der Waals surface area contributed by atoms with Crippen molar-refractivity contribution < 1.29 is 13.2 Å². The average Bonchev–Trinajstić information content (AvgIpc) is 3.10. The summed E-state index contributed by atoms with van der Waals surface area (Å²) < 4.78 is 27.5. The minimum absolute atomic E-state index is 0.0570. The van der Waals surface area contributed by atoms with E-state index >= 15 is 0 Å². The van der Waals surface area contributed by atoms with Crippen LogP contribution in [0.3, 0.4) is 0 Å². The average molecular weight is 391 g/mol. The summed E-state index contributed by atoms with van der Waals surface area (Å²) in [6.07, 6.45) is 3.12. The van der Waals surface area contributed by atoms with Gasteiger partial charge in [-0.3, -0.25) is 5.10 Å². The highest BCUT2D eigenvalue weighted by Gasteiger charge is 2.32. The lowest BCUT2D eigenvalue weighted by Gasteiger charge is -2.31. The van der Waals surface area contributed by atoms with Crippen molar-refractivity contribution in [3.05, 3.63) is 41.7 Å². The highest BCUT2D eigenvalue weighted by atomic mass is 32.2. The van der Waals surface area contributed by atoms with E-state index in [-0.39, 0.29) is 11.9 Å². The van der Waals surface area contributed by atoms with Crippen molar-refractivity contribution in [2.75, 3.05) is 25.0 Å². The van der Waals surface area contributed by atoms with Gasteiger partial charge in [0.2, 0.25) is 10.0 Å². The van der Waals surface area contributed by atoms with Gasteiger partial charge < -0.3 is 10.6 Å². The topological polar surface area (TPSA) is 107 Å². The first-order chi connectivity index (χ1) is 12.9. The molecular formula is C18H25N5O3S. The Kier molecular flexibility index (Phi) is 5.81. The van der Waals surface area contributed by atoms with Crippen LogP contribution >= 0.6 is 0 Å². The molecule has 2 amide bonds. The van der Waals surface area contributed by atoms with E-state index < -0.39 is 10.0 Å². The van der Waals surface area contributed by atoms with E-state index in [0.717, 1.165) is 24.1 Å². The number of aromatic amines is 1. The Hall–Kier alpha value is -2.39. The number of anilines is 1. The van der Waals surface area contributed by atoms with Gasteiger partial charge in [-0.25, -0.2) is 13.2 Å². The molecule has 1 atom stereocenters. The molecule has 3 rings (SSSR count). The molecule has 0 bridgehead atoms. The van der Waals surface area contributed by atoms with Crippen LogP contribution in [-0.4, -0.2) is 48.6 Å². The van der Waals surface area contributed by atoms with Gasteiger partial charge in [-0.1, -0.05) is 17.7 Å². The molecule has 3 N–H and O–H groups in total. The number of carbonyl (C=O) groups is 1. The number of hydrogen-bond acceptors (Lipinski definition) is 4. The van der Waals surface area contributed by atoms with E-state index in [1.807, 2.05) is 13.8 Å². The summed E-state index contributed by atoms with van der Waals surface area (Å²) in [5.41, 5.74) is 2.36. The van der Waals surface area contributed by atoms with Crippen LogP contribution in [0.2, 0.25) is 0 Å². The Morgan fingerprint density at radius 2 is 2.07 bits per heavy atom. The number of sulfonamides is 1. The molecule has 8 nitrogen and oxygen atoms in total. The summed E-state index contributed by atoms with van der Waals surface area (Å²) in [4.78, 5) is 12.1. The number of aromatic nitrogens is 2. The highest BCUT2D eigenvalue weighted by Crippen LogP contribution is 2.32. The molecule has 1 aliphatic heterocycles. The SMILES string of the molecule is CCNC(=O)Nc1cn[nH]c1C1CCCN(S(=O)(=O)c2ccc(C)cc2)C1. The van der Waals surface area contributed by atoms with E-state index in [9.17, 15) is 13.2 Å². The van der Waals surface area contributed by atoms with Crippen molar-refractivity contribution in [3.63, 3.8) is 0 Å². The number of piperidine rings is 1. The molecule has 1 aliphatic rings. The van der Waals surface area contributed by atoms with Crippen molar-refractivity contribution in [2.45, 2.75) is 37.5 Å². The summed E-state index contributed by atoms with van der Waals surface area (Å²) in [6.45, 7) is 5.12. The number of rotatable bonds is 5. The lowest BCUT2D eigenvalue weighted by Crippen LogP contribution is -2.39. The van der Waals surface area contributed by atoms with Crippen molar-refractivity contribution in [1.29, 1.82) is 0 Å². The lowest BCUT2D eigenvalue weighted by molar-refractivity contribution is 0.252. The van der Waals surface area contributed by atoms with Gasteiger partial charge in [-0.15, -0.1) is 0 Å². The van der Waals surface area contributed by atoms with Crippen LogP contribution in [0.4, 0.5) is 10.5 Å². The second-order valence-electron chi connectivity index (χ2n) is 6.70. The molecule has 0 saturated carbocycles. The first-order valence-electron chi connectivity index (χ1n) is 9.06. The molecule has 1 unspecified atom stereocenters. The standard InChI is InChI=1S/C18H25N5O3S/c1-3-19-18(24)21-16-11-20-22-17(16)14-5-4-10-23(12-14)27(25,26)15-8-6-13(2)7-9-15/h6-9,11,14H,3-5,10,12H2,1-2H3,(H,20,22)(H2,19,21,24). The predicted molar refractivity (Wildman–Crippen MR) is 103 cm³/mol. The van der Waals surface area contributed by atoms with Gasteiger partial charge >= 0.3 is 6.03 Å². The van der Waals surface area contributed by atoms with Crippen LogP contribution in [0.5, 0.6) is 0 Å². The predicted octanol–water partition coefficient (Wildman–Crippen LogP) is 2.43. The fourth-order valence-electron chi connectivity index (χ4n) is 3.29. The smallest absolute Gasteiger partial charge is 0.319 e. The molecule has 0 aliphatic carbocycles. The molecule has 1 aromatic heterocycles. The minimum atomic E-state index is -3.55. The Morgan fingerprint density at radius 1 is 1.33 bits per heavy atom. The quantitative estimate of drug-likeness (QED) is 0.727. The molecule has 9 heteroatoms. The van der Waals surface area contributed by atoms with Crippen molar-refractivity contribution >= 4 is 21.7 Å². The summed E-state index contributed by atoms with van der Waals surface area (Å²) in [5.74, 6) is -0.0570. The molecule has 1 fully saturated rings. The zero-order valence-corrected chi connectivity index (χ0v) is 16.3. The van der Waals surface area contributed by atoms with Gasteiger partial charge in [0, 0.05) is 25.6 Å². The van der Waals surface area contributed by atoms with Crippen molar-refractivity contribution in [1.82, 2.24) is 19.8 Å². The molecular weight excluding hydrogens is 366 g/mol.